The maximum atomic E-state index is 11.9. The van der Waals surface area contributed by atoms with Crippen LogP contribution in [0.5, 0.6) is 0 Å². The molecule has 0 aromatic carbocycles. The van der Waals surface area contributed by atoms with E-state index >= 15 is 0 Å². The number of rotatable bonds is 4. The maximum absolute atomic E-state index is 11.9. The molecule has 0 saturated heterocycles. The van der Waals surface area contributed by atoms with Gasteiger partial charge < -0.3 is 9.84 Å². The lowest BCUT2D eigenvalue weighted by Gasteiger charge is -2.01. The summed E-state index contributed by atoms with van der Waals surface area (Å²) in [5.41, 5.74) is 0. The number of hydrogen-bond donors (Lipinski definition) is 1. The Bertz CT molecular complexity index is 332. The van der Waals surface area contributed by atoms with Crippen LogP contribution in [0.1, 0.15) is 25.1 Å². The van der Waals surface area contributed by atoms with Crippen molar-refractivity contribution in [2.24, 2.45) is 0 Å². The molecule has 1 aromatic rings. The standard InChI is InChI=1S/C8H10F3N3O/c9-8(10,11)4-3-6-13-7(15-14-6)12-5-1-2-5/h5H,1-4H2,(H,12,13,14). The summed E-state index contributed by atoms with van der Waals surface area (Å²) in [5, 5.41) is 6.36. The van der Waals surface area contributed by atoms with E-state index in [2.05, 4.69) is 15.5 Å². The fourth-order valence-corrected chi connectivity index (χ4v) is 1.07. The van der Waals surface area contributed by atoms with Gasteiger partial charge in [-0.25, -0.2) is 0 Å². The molecule has 0 aliphatic heterocycles. The molecule has 1 heterocycles. The number of halogens is 3. The van der Waals surface area contributed by atoms with Gasteiger partial charge in [-0.3, -0.25) is 0 Å². The van der Waals surface area contributed by atoms with Gasteiger partial charge in [0.1, 0.15) is 0 Å². The van der Waals surface area contributed by atoms with Crippen LogP contribution in [0.15, 0.2) is 4.52 Å². The minimum Gasteiger partial charge on any atom is -0.335 e. The summed E-state index contributed by atoms with van der Waals surface area (Å²) in [5.74, 6) is 0.0930. The molecule has 1 aliphatic carbocycles. The summed E-state index contributed by atoms with van der Waals surface area (Å²) < 4.78 is 40.3. The van der Waals surface area contributed by atoms with Gasteiger partial charge in [-0.2, -0.15) is 18.2 Å². The van der Waals surface area contributed by atoms with Crippen molar-refractivity contribution >= 4 is 6.01 Å². The number of alkyl halides is 3. The first-order chi connectivity index (χ1) is 7.03. The molecule has 1 N–H and O–H groups in total. The van der Waals surface area contributed by atoms with Gasteiger partial charge >= 0.3 is 12.2 Å². The number of aryl methyl sites for hydroxylation is 1. The zero-order chi connectivity index (χ0) is 10.9. The summed E-state index contributed by atoms with van der Waals surface area (Å²) in [6.07, 6.45) is -3.25. The third kappa shape index (κ3) is 3.41. The van der Waals surface area contributed by atoms with E-state index in [1.54, 1.807) is 0 Å². The van der Waals surface area contributed by atoms with Crippen molar-refractivity contribution in [3.8, 4) is 0 Å². The Hall–Kier alpha value is -1.27. The van der Waals surface area contributed by atoms with Crippen LogP contribution in [0, 0.1) is 0 Å². The normalized spacial score (nSPS) is 16.7. The third-order valence-corrected chi connectivity index (χ3v) is 2.01. The Kier molecular flexibility index (Phi) is 2.54. The Morgan fingerprint density at radius 1 is 1.40 bits per heavy atom. The average molecular weight is 221 g/mol. The fraction of sp³-hybridized carbons (Fsp3) is 0.750. The molecule has 1 saturated carbocycles. The minimum atomic E-state index is -4.18. The van der Waals surface area contributed by atoms with Crippen LogP contribution < -0.4 is 5.32 Å². The second kappa shape index (κ2) is 3.71. The van der Waals surface area contributed by atoms with Gasteiger partial charge in [0, 0.05) is 12.5 Å². The number of hydrogen-bond acceptors (Lipinski definition) is 4. The van der Waals surface area contributed by atoms with Crippen LogP contribution in [0.25, 0.3) is 0 Å². The van der Waals surface area contributed by atoms with Gasteiger partial charge in [0.15, 0.2) is 5.82 Å². The molecule has 4 nitrogen and oxygen atoms in total. The van der Waals surface area contributed by atoms with Crippen LogP contribution >= 0.6 is 0 Å². The van der Waals surface area contributed by atoms with E-state index in [9.17, 15) is 13.2 Å². The lowest BCUT2D eigenvalue weighted by Crippen LogP contribution is -2.09. The van der Waals surface area contributed by atoms with Gasteiger partial charge in [0.2, 0.25) is 0 Å². The van der Waals surface area contributed by atoms with Gasteiger partial charge in [0.05, 0.1) is 6.42 Å². The van der Waals surface area contributed by atoms with Crippen molar-refractivity contribution in [1.29, 1.82) is 0 Å². The molecule has 7 heteroatoms. The highest BCUT2D eigenvalue weighted by Gasteiger charge is 2.28. The average Bonchev–Trinajstić information content (AvgIpc) is 2.79. The minimum absolute atomic E-state index is 0.0930. The Morgan fingerprint density at radius 2 is 2.13 bits per heavy atom. The van der Waals surface area contributed by atoms with Crippen LogP contribution in [0.3, 0.4) is 0 Å². The second-order valence-corrected chi connectivity index (χ2v) is 3.55. The maximum Gasteiger partial charge on any atom is 0.389 e. The number of aromatic nitrogens is 2. The second-order valence-electron chi connectivity index (χ2n) is 3.55. The molecule has 1 fully saturated rings. The number of nitrogens with zero attached hydrogens (tertiary/aromatic N) is 2. The molecular weight excluding hydrogens is 211 g/mol. The van der Waals surface area contributed by atoms with Crippen molar-refractivity contribution in [3.05, 3.63) is 5.82 Å². The van der Waals surface area contributed by atoms with Crippen molar-refractivity contribution in [1.82, 2.24) is 10.1 Å². The quantitative estimate of drug-likeness (QED) is 0.846. The van der Waals surface area contributed by atoms with Gasteiger partial charge in [0.25, 0.3) is 0 Å². The molecule has 2 rings (SSSR count). The predicted octanol–water partition coefficient (Wildman–Crippen LogP) is 2.14. The zero-order valence-electron chi connectivity index (χ0n) is 7.84. The first-order valence-corrected chi connectivity index (χ1v) is 4.69. The molecule has 15 heavy (non-hydrogen) atoms. The topological polar surface area (TPSA) is 51.0 Å². The lowest BCUT2D eigenvalue weighted by atomic mass is 10.3. The molecule has 0 bridgehead atoms. The van der Waals surface area contributed by atoms with E-state index in [0.29, 0.717) is 6.04 Å². The van der Waals surface area contributed by atoms with Crippen LogP contribution in [-0.2, 0) is 6.42 Å². The van der Waals surface area contributed by atoms with Crippen LogP contribution in [0.4, 0.5) is 19.2 Å². The third-order valence-electron chi connectivity index (χ3n) is 2.01. The molecular formula is C8H10F3N3O. The van der Waals surface area contributed by atoms with Crippen molar-refractivity contribution < 1.29 is 17.7 Å². The van der Waals surface area contributed by atoms with E-state index in [1.807, 2.05) is 0 Å². The molecule has 1 aromatic heterocycles. The molecule has 0 unspecified atom stereocenters. The molecule has 0 atom stereocenters. The van der Waals surface area contributed by atoms with Crippen LogP contribution in [-0.4, -0.2) is 22.4 Å². The highest BCUT2D eigenvalue weighted by Crippen LogP contribution is 2.24. The number of anilines is 1. The summed E-state index contributed by atoms with van der Waals surface area (Å²) in [6, 6.07) is 0.565. The van der Waals surface area contributed by atoms with Crippen LogP contribution in [0.2, 0.25) is 0 Å². The molecule has 0 amide bonds. The first-order valence-electron chi connectivity index (χ1n) is 4.69. The van der Waals surface area contributed by atoms with E-state index in [1.165, 1.54) is 0 Å². The van der Waals surface area contributed by atoms with Crippen molar-refractivity contribution in [3.63, 3.8) is 0 Å². The van der Waals surface area contributed by atoms with E-state index in [-0.39, 0.29) is 18.3 Å². The zero-order valence-corrected chi connectivity index (χ0v) is 7.84. The van der Waals surface area contributed by atoms with Crippen molar-refractivity contribution in [2.75, 3.05) is 5.32 Å². The molecule has 0 radical (unpaired) electrons. The Morgan fingerprint density at radius 3 is 2.73 bits per heavy atom. The molecule has 84 valence electrons. The van der Waals surface area contributed by atoms with E-state index in [4.69, 9.17) is 4.52 Å². The smallest absolute Gasteiger partial charge is 0.335 e. The molecule has 0 spiro atoms. The highest BCUT2D eigenvalue weighted by atomic mass is 19.4. The Balaban J connectivity index is 1.83. The molecule has 1 aliphatic rings. The summed E-state index contributed by atoms with van der Waals surface area (Å²) >= 11 is 0. The summed E-state index contributed by atoms with van der Waals surface area (Å²) in [7, 11) is 0. The first kappa shape index (κ1) is 10.3. The lowest BCUT2D eigenvalue weighted by molar-refractivity contribution is -0.134. The number of nitrogens with one attached hydrogen (secondary N) is 1. The Labute approximate surface area is 83.8 Å². The highest BCUT2D eigenvalue weighted by molar-refractivity contribution is 5.23. The monoisotopic (exact) mass is 221 g/mol. The van der Waals surface area contributed by atoms with Gasteiger partial charge in [-0.1, -0.05) is 5.16 Å². The van der Waals surface area contributed by atoms with E-state index < -0.39 is 12.6 Å². The largest absolute Gasteiger partial charge is 0.389 e. The SMILES string of the molecule is FC(F)(F)CCc1noc(NC2CC2)n1. The fourth-order valence-electron chi connectivity index (χ4n) is 1.07. The van der Waals surface area contributed by atoms with Crippen molar-refractivity contribution in [2.45, 2.75) is 37.9 Å². The summed E-state index contributed by atoms with van der Waals surface area (Å²) in [6.45, 7) is 0. The van der Waals surface area contributed by atoms with E-state index in [0.717, 1.165) is 12.8 Å². The summed E-state index contributed by atoms with van der Waals surface area (Å²) in [4.78, 5) is 3.80. The predicted molar refractivity (Wildman–Crippen MR) is 45.3 cm³/mol. The van der Waals surface area contributed by atoms with Gasteiger partial charge in [-0.15, -0.1) is 0 Å². The van der Waals surface area contributed by atoms with Gasteiger partial charge in [-0.05, 0) is 12.8 Å².